The average molecular weight is 1220 g/mol. The van der Waals surface area contributed by atoms with Crippen molar-refractivity contribution >= 4 is 85.9 Å². The Hall–Kier alpha value is -8.80. The number of ether oxygens (including phenoxy) is 4. The highest BCUT2D eigenvalue weighted by molar-refractivity contribution is 7.22. The molecule has 2 atom stereocenters. The zero-order valence-electron chi connectivity index (χ0n) is 49.9. The molecule has 2 unspecified atom stereocenters. The van der Waals surface area contributed by atoms with Gasteiger partial charge in [-0.05, 0) is 128 Å². The van der Waals surface area contributed by atoms with E-state index < -0.39 is 41.9 Å². The molecule has 88 heavy (non-hydrogen) atoms. The number of imide groups is 1. The maximum absolute atomic E-state index is 13.9. The molecule has 5 heterocycles. The van der Waals surface area contributed by atoms with Gasteiger partial charge in [-0.1, -0.05) is 55.5 Å². The molecule has 0 spiro atoms. The largest absolute Gasteiger partial charge is 0.496 e. The van der Waals surface area contributed by atoms with Crippen LogP contribution in [0.15, 0.2) is 91.2 Å². The van der Waals surface area contributed by atoms with E-state index in [0.717, 1.165) is 88.2 Å². The highest BCUT2D eigenvalue weighted by Gasteiger charge is 2.66. The third-order valence-electron chi connectivity index (χ3n) is 17.5. The standard InChI is InChI=1S/C65H71N10O12S/c1-41-47(45-16-18-52(70-57(45)59(81)82)73-24-22-44-48(32-73)46(15-17-50(44)85-5)58(80)71-60-69-49-13-6-7-14-51(49)88-60)31-67-75(41)40-64-35-62(2)34-63(3,36-64)38-65(37-62,39-64)87-29-26-72(25-28-84-4)61(83)86-27-9-11-42-10-8-12-43(30-42)68-53(76)21-23-66-54(77)33-74-55(78)19-20-56(74)79/h6-11,13-20,30-31H,21-29,32-40H2,1-5H3,(H,66,77)(H,68,76)(H,81,82)(H,69,71,80)/b11-9+. The Bertz CT molecular complexity index is 3730. The van der Waals surface area contributed by atoms with Crippen LogP contribution in [-0.4, -0.2) is 149 Å². The molecule has 4 N–H and O–H groups in total. The Morgan fingerprint density at radius 2 is 1.64 bits per heavy atom. The number of rotatable bonds is 24. The van der Waals surface area contributed by atoms with Crippen LogP contribution < -0.4 is 25.6 Å². The third kappa shape index (κ3) is 13.2. The predicted molar refractivity (Wildman–Crippen MR) is 329 cm³/mol. The Balaban J connectivity index is 0.707. The summed E-state index contributed by atoms with van der Waals surface area (Å²) in [4.78, 5) is 103. The van der Waals surface area contributed by atoms with E-state index in [0.29, 0.717) is 84.9 Å². The Labute approximate surface area is 513 Å². The first-order valence-corrected chi connectivity index (χ1v) is 30.3. The summed E-state index contributed by atoms with van der Waals surface area (Å²) >= 11 is 1.40. The molecule has 22 nitrogen and oxygen atoms in total. The van der Waals surface area contributed by atoms with Gasteiger partial charge in [0, 0.05) is 105 Å². The molecule has 1 radical (unpaired) electrons. The number of aromatic carboxylic acids is 1. The normalized spacial score (nSPS) is 21.7. The van der Waals surface area contributed by atoms with Gasteiger partial charge in [0.15, 0.2) is 10.8 Å². The van der Waals surface area contributed by atoms with Gasteiger partial charge in [-0.25, -0.2) is 19.6 Å². The fraction of sp³-hybridized carbons (Fsp3) is 0.415. The second-order valence-electron chi connectivity index (χ2n) is 24.5. The molecule has 459 valence electrons. The first kappa shape index (κ1) is 60.9. The molecular weight excluding hydrogens is 1140 g/mol. The van der Waals surface area contributed by atoms with Gasteiger partial charge < -0.3 is 44.5 Å². The summed E-state index contributed by atoms with van der Waals surface area (Å²) in [5.74, 6) is -2.38. The van der Waals surface area contributed by atoms with E-state index in [2.05, 4.69) is 40.8 Å². The summed E-state index contributed by atoms with van der Waals surface area (Å²) in [6.45, 7) is 8.90. The SMILES string of the molecule is COCCN(CCOC12CC3(C)CC(C)(CC(Cn4ncc(-c5ccc(N6CCc7c(OC)ccc(C(=O)Nc8nc9ccccc9s8)c7C6)nc5C(=O)O)c4C)(C3)C1)C2)C(=O)OC/C=C/c1cc[c]c(NC(=O)CCNC(=O)CN2C(=O)C=CC2=O)c1. The molecule has 3 aromatic carbocycles. The van der Waals surface area contributed by atoms with Crippen molar-refractivity contribution in [1.29, 1.82) is 0 Å². The van der Waals surface area contributed by atoms with Crippen LogP contribution in [-0.2, 0) is 52.9 Å². The number of amides is 6. The van der Waals surface area contributed by atoms with Crippen LogP contribution in [0, 0.1) is 29.2 Å². The maximum Gasteiger partial charge on any atom is 0.410 e. The summed E-state index contributed by atoms with van der Waals surface area (Å²) in [6, 6.07) is 23.0. The van der Waals surface area contributed by atoms with E-state index >= 15 is 0 Å². The van der Waals surface area contributed by atoms with Gasteiger partial charge in [-0.3, -0.25) is 38.9 Å². The number of para-hydroxylation sites is 1. The van der Waals surface area contributed by atoms with Crippen molar-refractivity contribution in [2.45, 2.75) is 90.8 Å². The number of benzene rings is 3. The number of carbonyl (C=O) groups is 7. The number of nitrogens with one attached hydrogen (secondary N) is 3. The van der Waals surface area contributed by atoms with E-state index in [1.165, 1.54) is 11.3 Å². The van der Waals surface area contributed by atoms with Gasteiger partial charge in [0.2, 0.25) is 11.8 Å². The van der Waals surface area contributed by atoms with Crippen LogP contribution in [0.25, 0.3) is 27.4 Å². The number of hydrogen-bond acceptors (Lipinski definition) is 16. The lowest BCUT2D eigenvalue weighted by atomic mass is 9.39. The van der Waals surface area contributed by atoms with E-state index in [1.54, 1.807) is 61.7 Å². The topological polar surface area (TPSA) is 266 Å². The second kappa shape index (κ2) is 25.1. The Morgan fingerprint density at radius 1 is 0.864 bits per heavy atom. The Morgan fingerprint density at radius 3 is 2.39 bits per heavy atom. The van der Waals surface area contributed by atoms with Crippen molar-refractivity contribution in [3.05, 3.63) is 131 Å². The van der Waals surface area contributed by atoms with E-state index in [4.69, 9.17) is 29.0 Å². The number of aromatic nitrogens is 4. The van der Waals surface area contributed by atoms with Crippen molar-refractivity contribution in [2.24, 2.45) is 16.2 Å². The smallest absolute Gasteiger partial charge is 0.410 e. The minimum Gasteiger partial charge on any atom is -0.496 e. The number of carbonyl (C=O) groups excluding carboxylic acids is 6. The molecule has 23 heteroatoms. The van der Waals surface area contributed by atoms with Crippen LogP contribution in [0.2, 0.25) is 0 Å². The monoisotopic (exact) mass is 1220 g/mol. The molecule has 4 saturated carbocycles. The fourth-order valence-corrected chi connectivity index (χ4v) is 15.8. The van der Waals surface area contributed by atoms with Crippen LogP contribution in [0.4, 0.5) is 21.4 Å². The summed E-state index contributed by atoms with van der Waals surface area (Å²) < 4.78 is 26.9. The number of nitrogens with zero attached hydrogens (tertiary/aromatic N) is 7. The predicted octanol–water partition coefficient (Wildman–Crippen LogP) is 8.49. The first-order valence-electron chi connectivity index (χ1n) is 29.5. The van der Waals surface area contributed by atoms with E-state index in [1.807, 2.05) is 59.0 Å². The number of hydrogen-bond donors (Lipinski definition) is 4. The summed E-state index contributed by atoms with van der Waals surface area (Å²) in [7, 11) is 3.19. The minimum atomic E-state index is -1.16. The number of carboxylic acid groups (broad SMARTS) is 1. The molecule has 4 aliphatic carbocycles. The van der Waals surface area contributed by atoms with Crippen molar-refractivity contribution in [3.63, 3.8) is 0 Å². The average Bonchev–Trinajstić information content (AvgIpc) is 0.937. The molecule has 12 rings (SSSR count). The molecule has 6 aromatic rings. The number of methoxy groups -OCH3 is 2. The van der Waals surface area contributed by atoms with Gasteiger partial charge >= 0.3 is 12.1 Å². The van der Waals surface area contributed by atoms with Gasteiger partial charge in [0.1, 0.15) is 24.7 Å². The molecule has 6 amide bonds. The van der Waals surface area contributed by atoms with Gasteiger partial charge in [0.05, 0.1) is 42.3 Å². The molecule has 4 fully saturated rings. The molecule has 3 aromatic heterocycles. The first-order chi connectivity index (χ1) is 42.2. The number of pyridine rings is 1. The lowest BCUT2D eigenvalue weighted by molar-refractivity contribution is -0.248. The fourth-order valence-electron chi connectivity index (χ4n) is 14.9. The molecular formula is C65H71N10O12S. The van der Waals surface area contributed by atoms with Crippen LogP contribution in [0.3, 0.4) is 0 Å². The lowest BCUT2D eigenvalue weighted by Gasteiger charge is -2.69. The molecule has 0 saturated heterocycles. The van der Waals surface area contributed by atoms with Crippen LogP contribution in [0.5, 0.6) is 5.75 Å². The van der Waals surface area contributed by atoms with Gasteiger partial charge in [-0.2, -0.15) is 5.10 Å². The number of carboxylic acids is 1. The summed E-state index contributed by atoms with van der Waals surface area (Å²) in [6.07, 6.45) is 13.0. The lowest BCUT2D eigenvalue weighted by Crippen LogP contribution is -2.64. The summed E-state index contributed by atoms with van der Waals surface area (Å²) in [5.41, 5.74) is 5.41. The maximum atomic E-state index is 13.9. The highest BCUT2D eigenvalue weighted by Crippen LogP contribution is 2.72. The van der Waals surface area contributed by atoms with Crippen molar-refractivity contribution in [1.82, 2.24) is 34.9 Å². The minimum absolute atomic E-state index is 0.00432. The second-order valence-corrected chi connectivity index (χ2v) is 25.5. The van der Waals surface area contributed by atoms with Crippen molar-refractivity contribution in [2.75, 3.05) is 82.3 Å². The number of anilines is 3. The molecule has 4 bridgehead atoms. The zero-order valence-corrected chi connectivity index (χ0v) is 50.8. The number of fused-ring (bicyclic) bond motifs is 2. The highest BCUT2D eigenvalue weighted by atomic mass is 32.1. The van der Waals surface area contributed by atoms with Crippen molar-refractivity contribution in [3.8, 4) is 16.9 Å². The third-order valence-corrected chi connectivity index (χ3v) is 18.4. The quantitative estimate of drug-likeness (QED) is 0.0414. The van der Waals surface area contributed by atoms with E-state index in [-0.39, 0.29) is 59.9 Å². The molecule has 2 aliphatic heterocycles. The summed E-state index contributed by atoms with van der Waals surface area (Å²) in [5, 5.41) is 24.5. The van der Waals surface area contributed by atoms with Gasteiger partial charge in [-0.15, -0.1) is 0 Å². The Kier molecular flexibility index (Phi) is 17.4. The molecule has 6 aliphatic rings. The van der Waals surface area contributed by atoms with E-state index in [9.17, 15) is 38.7 Å². The zero-order chi connectivity index (χ0) is 62.0. The van der Waals surface area contributed by atoms with Crippen LogP contribution >= 0.6 is 11.3 Å². The van der Waals surface area contributed by atoms with Gasteiger partial charge in [0.25, 0.3) is 17.7 Å². The number of thiazole rings is 1. The van der Waals surface area contributed by atoms with Crippen LogP contribution in [0.1, 0.15) is 102 Å². The van der Waals surface area contributed by atoms with Crippen molar-refractivity contribution < 1.29 is 57.6 Å².